The molecule has 7 nitrogen and oxygen atoms in total. The Labute approximate surface area is 168 Å². The molecule has 2 N–H and O–H groups in total. The lowest BCUT2D eigenvalue weighted by molar-refractivity contribution is -0.130. The number of pyridine rings is 1. The Morgan fingerprint density at radius 2 is 2.03 bits per heavy atom. The van der Waals surface area contributed by atoms with Crippen LogP contribution < -0.4 is 10.1 Å². The fourth-order valence-electron chi connectivity index (χ4n) is 3.22. The predicted molar refractivity (Wildman–Crippen MR) is 110 cm³/mol. The van der Waals surface area contributed by atoms with Crippen molar-refractivity contribution >= 4 is 11.8 Å². The van der Waals surface area contributed by atoms with Crippen LogP contribution in [0.3, 0.4) is 0 Å². The Kier molecular flexibility index (Phi) is 5.03. The quantitative estimate of drug-likeness (QED) is 0.701. The number of amides is 2. The molecule has 3 heterocycles. The van der Waals surface area contributed by atoms with E-state index in [9.17, 15) is 9.59 Å². The summed E-state index contributed by atoms with van der Waals surface area (Å²) < 4.78 is 5.60. The van der Waals surface area contributed by atoms with Crippen molar-refractivity contribution < 1.29 is 14.3 Å². The van der Waals surface area contributed by atoms with Gasteiger partial charge >= 0.3 is 0 Å². The van der Waals surface area contributed by atoms with E-state index >= 15 is 0 Å². The van der Waals surface area contributed by atoms with E-state index in [1.807, 2.05) is 42.5 Å². The molecule has 1 aromatic carbocycles. The van der Waals surface area contributed by atoms with Gasteiger partial charge in [-0.05, 0) is 30.3 Å². The van der Waals surface area contributed by atoms with Crippen molar-refractivity contribution in [2.45, 2.75) is 6.42 Å². The summed E-state index contributed by atoms with van der Waals surface area (Å²) in [6, 6.07) is 13.3. The van der Waals surface area contributed by atoms with Crippen LogP contribution in [0.25, 0.3) is 22.5 Å². The second-order valence-corrected chi connectivity index (χ2v) is 7.12. The van der Waals surface area contributed by atoms with Crippen LogP contribution in [0.4, 0.5) is 0 Å². The summed E-state index contributed by atoms with van der Waals surface area (Å²) in [7, 11) is 3.39. The van der Waals surface area contributed by atoms with E-state index in [1.165, 1.54) is 4.90 Å². The van der Waals surface area contributed by atoms with E-state index in [0.29, 0.717) is 17.9 Å². The Hall–Kier alpha value is -3.61. The van der Waals surface area contributed by atoms with Crippen LogP contribution in [0.15, 0.2) is 48.7 Å². The molecule has 0 aliphatic carbocycles. The fourth-order valence-corrected chi connectivity index (χ4v) is 3.22. The van der Waals surface area contributed by atoms with Crippen molar-refractivity contribution in [1.82, 2.24) is 20.2 Å². The van der Waals surface area contributed by atoms with Crippen molar-refractivity contribution in [3.63, 3.8) is 0 Å². The highest BCUT2D eigenvalue weighted by Crippen LogP contribution is 2.28. The molecule has 2 amide bonds. The van der Waals surface area contributed by atoms with E-state index in [4.69, 9.17) is 4.74 Å². The van der Waals surface area contributed by atoms with Gasteiger partial charge in [0.2, 0.25) is 0 Å². The van der Waals surface area contributed by atoms with Crippen LogP contribution >= 0.6 is 0 Å². The van der Waals surface area contributed by atoms with Crippen molar-refractivity contribution in [2.75, 3.05) is 27.2 Å². The van der Waals surface area contributed by atoms with Gasteiger partial charge in [0.25, 0.3) is 11.8 Å². The number of nitrogens with one attached hydrogen (secondary N) is 2. The minimum Gasteiger partial charge on any atom is -0.484 e. The van der Waals surface area contributed by atoms with Gasteiger partial charge < -0.3 is 19.9 Å². The number of nitrogens with zero attached hydrogens (tertiary/aromatic N) is 2. The van der Waals surface area contributed by atoms with Gasteiger partial charge in [0.15, 0.2) is 6.61 Å². The smallest absolute Gasteiger partial charge is 0.259 e. The zero-order chi connectivity index (χ0) is 20.4. The Morgan fingerprint density at radius 3 is 2.83 bits per heavy atom. The molecule has 1 aliphatic rings. The van der Waals surface area contributed by atoms with Crippen LogP contribution in [0, 0.1) is 0 Å². The maximum atomic E-state index is 12.0. The number of rotatable bonds is 5. The van der Waals surface area contributed by atoms with Crippen LogP contribution in [-0.2, 0) is 11.2 Å². The average molecular weight is 390 g/mol. The maximum Gasteiger partial charge on any atom is 0.259 e. The van der Waals surface area contributed by atoms with E-state index in [-0.39, 0.29) is 18.4 Å². The molecule has 3 aromatic rings. The van der Waals surface area contributed by atoms with Gasteiger partial charge in [0.05, 0.1) is 11.3 Å². The molecule has 0 spiro atoms. The normalized spacial score (nSPS) is 12.8. The van der Waals surface area contributed by atoms with Crippen molar-refractivity contribution in [2.24, 2.45) is 0 Å². The van der Waals surface area contributed by atoms with Crippen molar-refractivity contribution in [1.29, 1.82) is 0 Å². The first-order chi connectivity index (χ1) is 14.0. The summed E-state index contributed by atoms with van der Waals surface area (Å²) in [5.41, 5.74) is 5.17. The van der Waals surface area contributed by atoms with Crippen molar-refractivity contribution in [3.8, 4) is 28.3 Å². The molecule has 0 saturated carbocycles. The Balaban J connectivity index is 1.59. The monoisotopic (exact) mass is 390 g/mol. The Bertz CT molecular complexity index is 1070. The predicted octanol–water partition coefficient (Wildman–Crippen LogP) is 2.50. The number of carbonyl (C=O) groups is 2. The molecule has 4 rings (SSSR count). The third kappa shape index (κ3) is 3.99. The second-order valence-electron chi connectivity index (χ2n) is 7.12. The third-order valence-electron chi connectivity index (χ3n) is 4.87. The molecule has 7 heteroatoms. The molecule has 148 valence electrons. The number of hydrogen-bond acceptors (Lipinski definition) is 4. The molecule has 2 aromatic heterocycles. The SMILES string of the molecule is CN(C)C(=O)COc1cccc(-c2cc(-c3cc4c([nH]3)CCNC4=O)ccn2)c1. The fraction of sp³-hybridized carbons (Fsp3) is 0.227. The minimum absolute atomic E-state index is 0.0139. The van der Waals surface area contributed by atoms with Crippen LogP contribution in [0.5, 0.6) is 5.75 Å². The maximum absolute atomic E-state index is 12.0. The number of hydrogen-bond donors (Lipinski definition) is 2. The van der Waals surface area contributed by atoms with Gasteiger partial charge in [-0.25, -0.2) is 0 Å². The molecule has 0 atom stereocenters. The number of benzene rings is 1. The zero-order valence-electron chi connectivity index (χ0n) is 16.4. The van der Waals surface area contributed by atoms with Crippen LogP contribution in [-0.4, -0.2) is 53.9 Å². The largest absolute Gasteiger partial charge is 0.484 e. The van der Waals surface area contributed by atoms with Gasteiger partial charge in [-0.2, -0.15) is 0 Å². The molecule has 0 unspecified atom stereocenters. The van der Waals surface area contributed by atoms with Gasteiger partial charge in [0.1, 0.15) is 5.75 Å². The highest BCUT2D eigenvalue weighted by Gasteiger charge is 2.20. The molecule has 1 aliphatic heterocycles. The number of aromatic nitrogens is 2. The van der Waals surface area contributed by atoms with E-state index in [2.05, 4.69) is 15.3 Å². The summed E-state index contributed by atoms with van der Waals surface area (Å²) >= 11 is 0. The highest BCUT2D eigenvalue weighted by molar-refractivity contribution is 5.97. The van der Waals surface area contributed by atoms with E-state index < -0.39 is 0 Å². The van der Waals surface area contributed by atoms with E-state index in [1.54, 1.807) is 20.3 Å². The van der Waals surface area contributed by atoms with Gasteiger partial charge in [-0.15, -0.1) is 0 Å². The first kappa shape index (κ1) is 18.7. The standard InChI is InChI=1S/C22H22N4O3/c1-26(2)21(27)13-29-16-5-3-4-14(10-16)19-11-15(6-8-23-19)20-12-17-18(25-20)7-9-24-22(17)28/h3-6,8,10-12,25H,7,9,13H2,1-2H3,(H,24,28). The summed E-state index contributed by atoms with van der Waals surface area (Å²) in [6.07, 6.45) is 2.54. The molecule has 29 heavy (non-hydrogen) atoms. The number of aromatic amines is 1. The minimum atomic E-state index is -0.102. The first-order valence-electron chi connectivity index (χ1n) is 9.41. The molecule has 0 radical (unpaired) electrons. The molecule has 0 fully saturated rings. The second kappa shape index (κ2) is 7.79. The lowest BCUT2D eigenvalue weighted by Gasteiger charge is -2.12. The summed E-state index contributed by atoms with van der Waals surface area (Å²) in [6.45, 7) is 0.635. The number of likely N-dealkylation sites (N-methyl/N-ethyl adjacent to an activating group) is 1. The Morgan fingerprint density at radius 1 is 1.17 bits per heavy atom. The molecular weight excluding hydrogens is 368 g/mol. The van der Waals surface area contributed by atoms with E-state index in [0.717, 1.165) is 34.6 Å². The molecule has 0 bridgehead atoms. The number of fused-ring (bicyclic) bond motifs is 1. The molecule has 0 saturated heterocycles. The van der Waals surface area contributed by atoms with Gasteiger partial charge in [0, 0.05) is 55.8 Å². The lowest BCUT2D eigenvalue weighted by Crippen LogP contribution is -2.31. The first-order valence-corrected chi connectivity index (χ1v) is 9.41. The summed E-state index contributed by atoms with van der Waals surface area (Å²) in [5.74, 6) is 0.465. The zero-order valence-corrected chi connectivity index (χ0v) is 16.4. The molecular formula is C22H22N4O3. The topological polar surface area (TPSA) is 87.3 Å². The number of ether oxygens (including phenoxy) is 1. The van der Waals surface area contributed by atoms with Crippen LogP contribution in [0.1, 0.15) is 16.1 Å². The van der Waals surface area contributed by atoms with Gasteiger partial charge in [-0.1, -0.05) is 12.1 Å². The summed E-state index contributed by atoms with van der Waals surface area (Å²) in [4.78, 5) is 33.1. The summed E-state index contributed by atoms with van der Waals surface area (Å²) in [5, 5.41) is 2.86. The van der Waals surface area contributed by atoms with Gasteiger partial charge in [-0.3, -0.25) is 14.6 Å². The highest BCUT2D eigenvalue weighted by atomic mass is 16.5. The van der Waals surface area contributed by atoms with Crippen molar-refractivity contribution in [3.05, 3.63) is 59.9 Å². The average Bonchev–Trinajstić information content (AvgIpc) is 3.18. The van der Waals surface area contributed by atoms with Crippen LogP contribution in [0.2, 0.25) is 0 Å². The number of carbonyl (C=O) groups excluding carboxylic acids is 2. The number of H-pyrrole nitrogens is 1. The lowest BCUT2D eigenvalue weighted by atomic mass is 10.1. The third-order valence-corrected chi connectivity index (χ3v) is 4.87.